The van der Waals surface area contributed by atoms with Crippen LogP contribution in [0.4, 0.5) is 15.8 Å². The summed E-state index contributed by atoms with van der Waals surface area (Å²) < 4.78 is 20.9. The molecule has 28 heavy (non-hydrogen) atoms. The first-order chi connectivity index (χ1) is 13.4. The van der Waals surface area contributed by atoms with Gasteiger partial charge in [0.1, 0.15) is 18.2 Å². The molecule has 0 saturated carbocycles. The standard InChI is InChI=1S/C20H15Br2FN2O3/c21-17-8-13(11-24-15-5-3-6-16(10-15)25(26)27)9-18(22)20(17)28-12-14-4-1-2-7-19(14)23/h1-10,24H,11-12H2. The molecule has 0 amide bonds. The number of hydrogen-bond acceptors (Lipinski definition) is 4. The summed E-state index contributed by atoms with van der Waals surface area (Å²) in [4.78, 5) is 10.4. The van der Waals surface area contributed by atoms with Gasteiger partial charge in [-0.1, -0.05) is 24.3 Å². The van der Waals surface area contributed by atoms with Gasteiger partial charge in [0, 0.05) is 29.9 Å². The molecule has 0 radical (unpaired) electrons. The Labute approximate surface area is 177 Å². The van der Waals surface area contributed by atoms with Gasteiger partial charge in [-0.25, -0.2) is 4.39 Å². The van der Waals surface area contributed by atoms with Crippen LogP contribution >= 0.6 is 31.9 Å². The van der Waals surface area contributed by atoms with Crippen LogP contribution in [0.1, 0.15) is 11.1 Å². The number of nitrogens with zero attached hydrogens (tertiary/aromatic N) is 1. The van der Waals surface area contributed by atoms with Crippen molar-refractivity contribution >= 4 is 43.2 Å². The van der Waals surface area contributed by atoms with E-state index in [1.807, 2.05) is 12.1 Å². The number of rotatable bonds is 7. The largest absolute Gasteiger partial charge is 0.486 e. The Morgan fingerprint density at radius 3 is 2.43 bits per heavy atom. The molecule has 3 aromatic rings. The minimum Gasteiger partial charge on any atom is -0.486 e. The zero-order chi connectivity index (χ0) is 20.1. The Bertz CT molecular complexity index is 991. The van der Waals surface area contributed by atoms with Crippen LogP contribution in [0.15, 0.2) is 69.6 Å². The normalized spacial score (nSPS) is 10.5. The van der Waals surface area contributed by atoms with E-state index >= 15 is 0 Å². The summed E-state index contributed by atoms with van der Waals surface area (Å²) in [6.45, 7) is 0.571. The van der Waals surface area contributed by atoms with Gasteiger partial charge in [0.25, 0.3) is 5.69 Å². The minimum absolute atomic E-state index is 0.0317. The monoisotopic (exact) mass is 508 g/mol. The lowest BCUT2D eigenvalue weighted by molar-refractivity contribution is -0.384. The summed E-state index contributed by atoms with van der Waals surface area (Å²) in [5.74, 6) is 0.259. The molecule has 3 rings (SSSR count). The van der Waals surface area contributed by atoms with Crippen molar-refractivity contribution in [3.05, 3.63) is 96.7 Å². The summed E-state index contributed by atoms with van der Waals surface area (Å²) in [7, 11) is 0. The van der Waals surface area contributed by atoms with E-state index in [1.54, 1.807) is 30.3 Å². The Kier molecular flexibility index (Phi) is 6.64. The van der Waals surface area contributed by atoms with Gasteiger partial charge >= 0.3 is 0 Å². The SMILES string of the molecule is O=[N+]([O-])c1cccc(NCc2cc(Br)c(OCc3ccccc3F)c(Br)c2)c1. The molecule has 8 heteroatoms. The summed E-state index contributed by atoms with van der Waals surface area (Å²) in [6.07, 6.45) is 0. The molecule has 0 fully saturated rings. The Hall–Kier alpha value is -2.45. The fraction of sp³-hybridized carbons (Fsp3) is 0.100. The second kappa shape index (κ2) is 9.16. The molecular weight excluding hydrogens is 495 g/mol. The van der Waals surface area contributed by atoms with E-state index in [0.29, 0.717) is 32.5 Å². The van der Waals surface area contributed by atoms with Crippen LogP contribution in [0.3, 0.4) is 0 Å². The third-order valence-electron chi connectivity index (χ3n) is 3.94. The molecule has 0 bridgehead atoms. The molecule has 1 N–H and O–H groups in total. The third kappa shape index (κ3) is 5.08. The number of benzene rings is 3. The molecule has 3 aromatic carbocycles. The number of nitrogens with one attached hydrogen (secondary N) is 1. The number of nitro benzene ring substituents is 1. The summed E-state index contributed by atoms with van der Waals surface area (Å²) >= 11 is 6.96. The van der Waals surface area contributed by atoms with Gasteiger partial charge in [-0.3, -0.25) is 10.1 Å². The smallest absolute Gasteiger partial charge is 0.271 e. The van der Waals surface area contributed by atoms with Crippen LogP contribution in [-0.4, -0.2) is 4.92 Å². The van der Waals surface area contributed by atoms with Crippen LogP contribution in [0.2, 0.25) is 0 Å². The van der Waals surface area contributed by atoms with Crippen molar-refractivity contribution in [2.45, 2.75) is 13.2 Å². The Balaban J connectivity index is 1.68. The number of halogens is 3. The van der Waals surface area contributed by atoms with Crippen molar-refractivity contribution in [3.8, 4) is 5.75 Å². The predicted molar refractivity (Wildman–Crippen MR) is 113 cm³/mol. The predicted octanol–water partition coefficient (Wildman–Crippen LogP) is 6.45. The average molecular weight is 510 g/mol. The highest BCUT2D eigenvalue weighted by atomic mass is 79.9. The van der Waals surface area contributed by atoms with Gasteiger partial charge in [-0.15, -0.1) is 0 Å². The summed E-state index contributed by atoms with van der Waals surface area (Å²) in [5.41, 5.74) is 2.09. The topological polar surface area (TPSA) is 64.4 Å². The maximum atomic E-state index is 13.7. The maximum absolute atomic E-state index is 13.7. The first-order valence-corrected chi connectivity index (χ1v) is 9.85. The molecule has 0 atom stereocenters. The lowest BCUT2D eigenvalue weighted by atomic mass is 10.2. The fourth-order valence-corrected chi connectivity index (χ4v) is 4.06. The van der Waals surface area contributed by atoms with Crippen LogP contribution in [-0.2, 0) is 13.2 Å². The molecule has 0 aliphatic carbocycles. The van der Waals surface area contributed by atoms with Gasteiger partial charge in [-0.2, -0.15) is 0 Å². The van der Waals surface area contributed by atoms with Crippen molar-refractivity contribution in [2.24, 2.45) is 0 Å². The van der Waals surface area contributed by atoms with E-state index in [-0.39, 0.29) is 18.1 Å². The molecule has 5 nitrogen and oxygen atoms in total. The molecule has 0 spiro atoms. The van der Waals surface area contributed by atoms with E-state index in [4.69, 9.17) is 4.74 Å². The molecular formula is C20H15Br2FN2O3. The van der Waals surface area contributed by atoms with Gasteiger partial charge < -0.3 is 10.1 Å². The van der Waals surface area contributed by atoms with Crippen LogP contribution in [0.25, 0.3) is 0 Å². The summed E-state index contributed by atoms with van der Waals surface area (Å²) in [6, 6.07) is 16.5. The van der Waals surface area contributed by atoms with E-state index in [2.05, 4.69) is 37.2 Å². The highest BCUT2D eigenvalue weighted by Crippen LogP contribution is 2.35. The molecule has 0 aromatic heterocycles. The minimum atomic E-state index is -0.430. The Morgan fingerprint density at radius 2 is 1.75 bits per heavy atom. The zero-order valence-corrected chi connectivity index (χ0v) is 17.7. The second-order valence-electron chi connectivity index (χ2n) is 5.93. The molecule has 0 aliphatic heterocycles. The van der Waals surface area contributed by atoms with Crippen molar-refractivity contribution in [3.63, 3.8) is 0 Å². The first kappa shape index (κ1) is 20.3. The number of nitro groups is 1. The van der Waals surface area contributed by atoms with E-state index in [0.717, 1.165) is 5.56 Å². The highest BCUT2D eigenvalue weighted by Gasteiger charge is 2.11. The molecule has 0 aliphatic rings. The van der Waals surface area contributed by atoms with Gasteiger partial charge in [0.2, 0.25) is 0 Å². The van der Waals surface area contributed by atoms with Crippen LogP contribution in [0, 0.1) is 15.9 Å². The van der Waals surface area contributed by atoms with Crippen molar-refractivity contribution in [1.82, 2.24) is 0 Å². The fourth-order valence-electron chi connectivity index (χ4n) is 2.55. The molecule has 0 heterocycles. The third-order valence-corrected chi connectivity index (χ3v) is 5.12. The van der Waals surface area contributed by atoms with Gasteiger partial charge in [0.05, 0.1) is 13.9 Å². The lowest BCUT2D eigenvalue weighted by Crippen LogP contribution is -2.02. The maximum Gasteiger partial charge on any atom is 0.271 e. The quantitative estimate of drug-likeness (QED) is 0.293. The van der Waals surface area contributed by atoms with Gasteiger partial charge in [-0.05, 0) is 61.7 Å². The molecule has 0 saturated heterocycles. The van der Waals surface area contributed by atoms with Crippen molar-refractivity contribution < 1.29 is 14.1 Å². The second-order valence-corrected chi connectivity index (χ2v) is 7.64. The number of anilines is 1. The molecule has 0 unspecified atom stereocenters. The van der Waals surface area contributed by atoms with Gasteiger partial charge in [0.15, 0.2) is 0 Å². The summed E-state index contributed by atoms with van der Waals surface area (Å²) in [5, 5.41) is 14.0. The Morgan fingerprint density at radius 1 is 1.04 bits per heavy atom. The highest BCUT2D eigenvalue weighted by molar-refractivity contribution is 9.11. The average Bonchev–Trinajstić information content (AvgIpc) is 2.67. The van der Waals surface area contributed by atoms with Crippen molar-refractivity contribution in [1.29, 1.82) is 0 Å². The van der Waals surface area contributed by atoms with E-state index in [9.17, 15) is 14.5 Å². The van der Waals surface area contributed by atoms with E-state index in [1.165, 1.54) is 18.2 Å². The first-order valence-electron chi connectivity index (χ1n) is 8.26. The van der Waals surface area contributed by atoms with E-state index < -0.39 is 4.92 Å². The van der Waals surface area contributed by atoms with Crippen molar-refractivity contribution in [2.75, 3.05) is 5.32 Å². The zero-order valence-electron chi connectivity index (χ0n) is 14.5. The van der Waals surface area contributed by atoms with Crippen LogP contribution < -0.4 is 10.1 Å². The molecule has 144 valence electrons. The number of hydrogen-bond donors (Lipinski definition) is 1. The number of ether oxygens (including phenoxy) is 1. The lowest BCUT2D eigenvalue weighted by Gasteiger charge is -2.13. The van der Waals surface area contributed by atoms with Crippen LogP contribution in [0.5, 0.6) is 5.75 Å². The number of non-ortho nitro benzene ring substituents is 1.